The monoisotopic (exact) mass is 388 g/mol. The minimum Gasteiger partial charge on any atom is -0.494 e. The molecule has 3 rings (SSSR count). The van der Waals surface area contributed by atoms with Gasteiger partial charge in [0.05, 0.1) is 17.6 Å². The topological polar surface area (TPSA) is 55.0 Å². The second-order valence-corrected chi connectivity index (χ2v) is 7.28. The molecule has 0 fully saturated rings. The molecule has 0 unspecified atom stereocenters. The predicted octanol–water partition coefficient (Wildman–Crippen LogP) is 6.18. The number of benzene rings is 2. The molecule has 150 valence electrons. The summed E-state index contributed by atoms with van der Waals surface area (Å²) in [6.07, 6.45) is 15.5. The van der Waals surface area contributed by atoms with Crippen molar-refractivity contribution in [2.75, 3.05) is 6.61 Å². The number of unbranched alkanes of at least 4 members (excludes halogenated alkanes) is 7. The molecule has 0 aliphatic carbocycles. The minimum absolute atomic E-state index is 0.639. The van der Waals surface area contributed by atoms with Crippen LogP contribution in [0.1, 0.15) is 61.7 Å². The van der Waals surface area contributed by atoms with E-state index in [0.717, 1.165) is 60.3 Å². The number of carbonyl (C=O) groups is 1. The van der Waals surface area contributed by atoms with Gasteiger partial charge in [0.15, 0.2) is 0 Å². The number of nitrogens with one attached hydrogen (secondary N) is 1. The van der Waals surface area contributed by atoms with Crippen molar-refractivity contribution < 1.29 is 9.53 Å². The molecule has 1 heterocycles. The molecule has 0 aliphatic rings. The fraction of sp³-hybridized carbons (Fsp3) is 0.360. The summed E-state index contributed by atoms with van der Waals surface area (Å²) in [4.78, 5) is 18.8. The van der Waals surface area contributed by atoms with E-state index in [1.807, 2.05) is 36.4 Å². The highest BCUT2D eigenvalue weighted by molar-refractivity contribution is 5.86. The van der Waals surface area contributed by atoms with Gasteiger partial charge >= 0.3 is 0 Å². The van der Waals surface area contributed by atoms with Gasteiger partial charge in [-0.05, 0) is 55.3 Å². The molecule has 0 saturated heterocycles. The largest absolute Gasteiger partial charge is 0.494 e. The molecule has 1 aromatic heterocycles. The number of imidazole rings is 1. The van der Waals surface area contributed by atoms with Gasteiger partial charge in [-0.1, -0.05) is 32.1 Å². The highest BCUT2D eigenvalue weighted by Gasteiger charge is 2.06. The number of aromatic nitrogens is 2. The van der Waals surface area contributed by atoms with Crippen molar-refractivity contribution in [3.8, 4) is 29.5 Å². The van der Waals surface area contributed by atoms with Crippen LogP contribution >= 0.6 is 0 Å². The van der Waals surface area contributed by atoms with Crippen molar-refractivity contribution in [1.82, 2.24) is 9.97 Å². The molecular formula is C25H28N2O2. The average molecular weight is 389 g/mol. The first-order valence-corrected chi connectivity index (χ1v) is 10.4. The number of aldehydes is 1. The molecule has 0 amide bonds. The lowest BCUT2D eigenvalue weighted by Gasteiger charge is -2.07. The lowest BCUT2D eigenvalue weighted by atomic mass is 10.1. The number of hydrogen-bond donors (Lipinski definition) is 1. The van der Waals surface area contributed by atoms with Crippen LogP contribution in [0.4, 0.5) is 0 Å². The molecule has 0 atom stereocenters. The Hall–Kier alpha value is -3.06. The Labute approximate surface area is 172 Å². The molecule has 0 spiro atoms. The van der Waals surface area contributed by atoms with Crippen LogP contribution in [0.25, 0.3) is 22.4 Å². The number of H-pyrrole nitrogens is 1. The fourth-order valence-electron chi connectivity index (χ4n) is 3.35. The lowest BCUT2D eigenvalue weighted by Crippen LogP contribution is -1.97. The van der Waals surface area contributed by atoms with Crippen molar-refractivity contribution in [3.63, 3.8) is 0 Å². The summed E-state index contributed by atoms with van der Waals surface area (Å²) in [5.74, 6) is 4.36. The van der Waals surface area contributed by atoms with E-state index < -0.39 is 0 Å². The Balaban J connectivity index is 1.40. The van der Waals surface area contributed by atoms with Gasteiger partial charge in [-0.3, -0.25) is 4.79 Å². The first-order chi connectivity index (χ1) is 14.3. The van der Waals surface area contributed by atoms with Crippen LogP contribution in [-0.4, -0.2) is 22.9 Å². The zero-order valence-electron chi connectivity index (χ0n) is 16.8. The molecule has 0 bridgehead atoms. The number of aromatic amines is 1. The minimum atomic E-state index is 0.639. The first kappa shape index (κ1) is 20.7. The average Bonchev–Trinajstić information content (AvgIpc) is 3.18. The fourth-order valence-corrected chi connectivity index (χ4v) is 3.35. The molecule has 0 aliphatic heterocycles. The maximum Gasteiger partial charge on any atom is 0.150 e. The third kappa shape index (κ3) is 6.22. The molecule has 0 saturated carbocycles. The molecule has 0 radical (unpaired) electrons. The van der Waals surface area contributed by atoms with Gasteiger partial charge in [0.2, 0.25) is 0 Å². The highest BCUT2D eigenvalue weighted by Crippen LogP contribution is 2.23. The molecule has 2 aromatic carbocycles. The maximum absolute atomic E-state index is 10.9. The smallest absolute Gasteiger partial charge is 0.150 e. The molecule has 1 N–H and O–H groups in total. The standard InChI is InChI=1S/C25H28N2O2/c1-2-3-4-5-6-7-8-9-10-17-29-22-14-12-21(13-15-22)25-26-23-16-11-20(19-28)18-24(23)27-25/h1,11-16,18-19H,3-10,17H2,(H,26,27). The van der Waals surface area contributed by atoms with Gasteiger partial charge in [-0.15, -0.1) is 12.3 Å². The van der Waals surface area contributed by atoms with Crippen LogP contribution in [0.2, 0.25) is 0 Å². The quantitative estimate of drug-likeness (QED) is 0.229. The Morgan fingerprint density at radius 3 is 2.41 bits per heavy atom. The number of hydrogen-bond acceptors (Lipinski definition) is 3. The second kappa shape index (κ2) is 11.1. The van der Waals surface area contributed by atoms with E-state index in [1.54, 1.807) is 6.07 Å². The number of ether oxygens (including phenoxy) is 1. The SMILES string of the molecule is C#CCCCCCCCCCOc1ccc(-c2nc3ccc(C=O)cc3[nH]2)cc1. The van der Waals surface area contributed by atoms with Gasteiger partial charge in [-0.2, -0.15) is 0 Å². The van der Waals surface area contributed by atoms with Crippen LogP contribution in [0, 0.1) is 12.3 Å². The van der Waals surface area contributed by atoms with Crippen LogP contribution in [0.3, 0.4) is 0 Å². The van der Waals surface area contributed by atoms with Crippen LogP contribution in [-0.2, 0) is 0 Å². The van der Waals surface area contributed by atoms with E-state index in [2.05, 4.69) is 15.9 Å². The van der Waals surface area contributed by atoms with Gasteiger partial charge in [0.25, 0.3) is 0 Å². The van der Waals surface area contributed by atoms with Crippen molar-refractivity contribution in [2.24, 2.45) is 0 Å². The van der Waals surface area contributed by atoms with Crippen LogP contribution < -0.4 is 4.74 Å². The van der Waals surface area contributed by atoms with E-state index in [1.165, 1.54) is 32.1 Å². The number of nitrogens with zero attached hydrogens (tertiary/aromatic N) is 1. The number of rotatable bonds is 12. The third-order valence-corrected chi connectivity index (χ3v) is 5.00. The molecule has 3 aromatic rings. The van der Waals surface area contributed by atoms with E-state index >= 15 is 0 Å². The maximum atomic E-state index is 10.9. The predicted molar refractivity (Wildman–Crippen MR) is 118 cm³/mol. The summed E-state index contributed by atoms with van der Waals surface area (Å²) in [5.41, 5.74) is 3.34. The highest BCUT2D eigenvalue weighted by atomic mass is 16.5. The van der Waals surface area contributed by atoms with Gasteiger partial charge in [0.1, 0.15) is 17.9 Å². The lowest BCUT2D eigenvalue weighted by molar-refractivity contribution is 0.112. The molecule has 4 nitrogen and oxygen atoms in total. The molecule has 4 heteroatoms. The Bertz CT molecular complexity index is 951. The summed E-state index contributed by atoms with van der Waals surface area (Å²) in [6.45, 7) is 0.746. The van der Waals surface area contributed by atoms with Crippen molar-refractivity contribution in [2.45, 2.75) is 51.4 Å². The summed E-state index contributed by atoms with van der Waals surface area (Å²) in [6, 6.07) is 13.4. The summed E-state index contributed by atoms with van der Waals surface area (Å²) in [7, 11) is 0. The zero-order chi connectivity index (χ0) is 20.3. The Morgan fingerprint density at radius 1 is 0.966 bits per heavy atom. The van der Waals surface area contributed by atoms with Crippen molar-refractivity contribution in [1.29, 1.82) is 0 Å². The third-order valence-electron chi connectivity index (χ3n) is 5.00. The molecular weight excluding hydrogens is 360 g/mol. The van der Waals surface area contributed by atoms with Crippen molar-refractivity contribution >= 4 is 17.3 Å². The van der Waals surface area contributed by atoms with Gasteiger partial charge in [-0.25, -0.2) is 4.98 Å². The van der Waals surface area contributed by atoms with Gasteiger partial charge in [0, 0.05) is 17.5 Å². The number of carbonyl (C=O) groups excluding carboxylic acids is 1. The zero-order valence-corrected chi connectivity index (χ0v) is 16.8. The van der Waals surface area contributed by atoms with E-state index in [-0.39, 0.29) is 0 Å². The Kier molecular flexibility index (Phi) is 7.89. The van der Waals surface area contributed by atoms with Crippen molar-refractivity contribution in [3.05, 3.63) is 48.0 Å². The second-order valence-electron chi connectivity index (χ2n) is 7.28. The summed E-state index contributed by atoms with van der Waals surface area (Å²) >= 11 is 0. The molecule has 29 heavy (non-hydrogen) atoms. The van der Waals surface area contributed by atoms with E-state index in [4.69, 9.17) is 11.2 Å². The van der Waals surface area contributed by atoms with Crippen LogP contribution in [0.15, 0.2) is 42.5 Å². The first-order valence-electron chi connectivity index (χ1n) is 10.4. The summed E-state index contributed by atoms with van der Waals surface area (Å²) < 4.78 is 5.85. The van der Waals surface area contributed by atoms with E-state index in [0.29, 0.717) is 5.56 Å². The Morgan fingerprint density at radius 2 is 1.69 bits per heavy atom. The number of fused-ring (bicyclic) bond motifs is 1. The number of terminal acetylenes is 1. The van der Waals surface area contributed by atoms with E-state index in [9.17, 15) is 4.79 Å². The van der Waals surface area contributed by atoms with Gasteiger partial charge < -0.3 is 9.72 Å². The normalized spacial score (nSPS) is 10.7. The summed E-state index contributed by atoms with van der Waals surface area (Å²) in [5, 5.41) is 0. The van der Waals surface area contributed by atoms with Crippen LogP contribution in [0.5, 0.6) is 5.75 Å².